The highest BCUT2D eigenvalue weighted by Crippen LogP contribution is 2.35. The summed E-state index contributed by atoms with van der Waals surface area (Å²) in [5.74, 6) is 1.23. The quantitative estimate of drug-likeness (QED) is 0.708. The third kappa shape index (κ3) is 4.59. The number of methoxy groups -OCH3 is 2. The number of piperidine rings is 1. The Morgan fingerprint density at radius 2 is 1.76 bits per heavy atom. The van der Waals surface area contributed by atoms with Gasteiger partial charge in [-0.05, 0) is 68.8 Å². The van der Waals surface area contributed by atoms with Gasteiger partial charge in [0.15, 0.2) is 11.5 Å². The second-order valence-corrected chi connectivity index (χ2v) is 8.53. The molecule has 0 saturated carbocycles. The molecule has 0 unspecified atom stereocenters. The second kappa shape index (κ2) is 10.2. The van der Waals surface area contributed by atoms with E-state index in [1.165, 1.54) is 5.01 Å². The summed E-state index contributed by atoms with van der Waals surface area (Å²) in [5.41, 5.74) is 5.22. The molecule has 2 aliphatic rings. The largest absolute Gasteiger partial charge is 0.493 e. The zero-order chi connectivity index (χ0) is 24.2. The number of urea groups is 1. The number of carbonyl (C=O) groups is 1. The summed E-state index contributed by atoms with van der Waals surface area (Å²) >= 11 is 0. The van der Waals surface area contributed by atoms with Gasteiger partial charge in [-0.1, -0.05) is 12.1 Å². The number of fused-ring (bicyclic) bond motifs is 1. The number of nitrogens with one attached hydrogen (secondary N) is 2. The van der Waals surface area contributed by atoms with Gasteiger partial charge in [-0.25, -0.2) is 4.79 Å². The summed E-state index contributed by atoms with van der Waals surface area (Å²) < 4.78 is 11.1. The molecular weight excluding hydrogens is 430 g/mol. The van der Waals surface area contributed by atoms with E-state index in [2.05, 4.69) is 46.8 Å². The SMILES string of the molecule is CNC(=O)N1N=C(c2ccc(N(C)C3CCNCC3)cc2)c2cc(OC)c(OC)cc2C=C1C. The fourth-order valence-electron chi connectivity index (χ4n) is 4.52. The molecule has 8 heteroatoms. The zero-order valence-electron chi connectivity index (χ0n) is 20.5. The topological polar surface area (TPSA) is 78.4 Å². The van der Waals surface area contributed by atoms with Crippen molar-refractivity contribution < 1.29 is 14.3 Å². The minimum Gasteiger partial charge on any atom is -0.493 e. The summed E-state index contributed by atoms with van der Waals surface area (Å²) in [6.45, 7) is 3.96. The van der Waals surface area contributed by atoms with Gasteiger partial charge in [0.1, 0.15) is 0 Å². The molecule has 1 saturated heterocycles. The van der Waals surface area contributed by atoms with Gasteiger partial charge in [0.25, 0.3) is 0 Å². The molecule has 0 bridgehead atoms. The number of hydrogen-bond acceptors (Lipinski definition) is 6. The molecule has 0 radical (unpaired) electrons. The predicted octanol–water partition coefficient (Wildman–Crippen LogP) is 3.66. The molecule has 34 heavy (non-hydrogen) atoms. The van der Waals surface area contributed by atoms with E-state index in [0.717, 1.165) is 48.3 Å². The van der Waals surface area contributed by atoms with Crippen molar-refractivity contribution in [1.82, 2.24) is 15.6 Å². The highest BCUT2D eigenvalue weighted by atomic mass is 16.5. The lowest BCUT2D eigenvalue weighted by Crippen LogP contribution is -2.41. The molecule has 0 atom stereocenters. The summed E-state index contributed by atoms with van der Waals surface area (Å²) in [7, 11) is 6.98. The van der Waals surface area contributed by atoms with Crippen molar-refractivity contribution in [2.24, 2.45) is 5.10 Å². The maximum atomic E-state index is 12.6. The van der Waals surface area contributed by atoms with Crippen LogP contribution in [0.1, 0.15) is 36.5 Å². The van der Waals surface area contributed by atoms with E-state index in [9.17, 15) is 4.79 Å². The number of amides is 2. The van der Waals surface area contributed by atoms with Crippen molar-refractivity contribution in [3.8, 4) is 11.5 Å². The van der Waals surface area contributed by atoms with Crippen LogP contribution in [0.4, 0.5) is 10.5 Å². The number of carbonyl (C=O) groups excluding carboxylic acids is 1. The predicted molar refractivity (Wildman–Crippen MR) is 136 cm³/mol. The van der Waals surface area contributed by atoms with Gasteiger partial charge >= 0.3 is 6.03 Å². The maximum absolute atomic E-state index is 12.6. The van der Waals surface area contributed by atoms with Crippen LogP contribution in [0.3, 0.4) is 0 Å². The number of hydrazone groups is 1. The van der Waals surface area contributed by atoms with Crippen molar-refractivity contribution >= 4 is 23.5 Å². The van der Waals surface area contributed by atoms with Crippen LogP contribution in [-0.4, -0.2) is 64.2 Å². The van der Waals surface area contributed by atoms with Gasteiger partial charge in [-0.15, -0.1) is 0 Å². The number of anilines is 1. The van der Waals surface area contributed by atoms with Crippen molar-refractivity contribution in [2.75, 3.05) is 46.3 Å². The number of benzene rings is 2. The third-order valence-electron chi connectivity index (χ3n) is 6.52. The highest BCUT2D eigenvalue weighted by molar-refractivity contribution is 6.16. The molecule has 2 aromatic carbocycles. The van der Waals surface area contributed by atoms with Crippen LogP contribution in [0.5, 0.6) is 11.5 Å². The molecule has 2 N–H and O–H groups in total. The molecule has 2 aliphatic heterocycles. The molecule has 2 aromatic rings. The lowest BCUT2D eigenvalue weighted by Gasteiger charge is -2.33. The first kappa shape index (κ1) is 23.6. The molecule has 8 nitrogen and oxygen atoms in total. The van der Waals surface area contributed by atoms with Gasteiger partial charge in [0, 0.05) is 42.6 Å². The molecule has 1 fully saturated rings. The smallest absolute Gasteiger partial charge is 0.342 e. The Balaban J connectivity index is 1.78. The average Bonchev–Trinajstić information content (AvgIpc) is 3.03. The van der Waals surface area contributed by atoms with Crippen LogP contribution in [0, 0.1) is 0 Å². The van der Waals surface area contributed by atoms with Gasteiger partial charge in [0.05, 0.1) is 19.9 Å². The Hall–Kier alpha value is -3.52. The number of hydrogen-bond donors (Lipinski definition) is 2. The monoisotopic (exact) mass is 463 g/mol. The summed E-state index contributed by atoms with van der Waals surface area (Å²) in [4.78, 5) is 15.0. The van der Waals surface area contributed by atoms with Gasteiger partial charge in [-0.2, -0.15) is 10.1 Å². The van der Waals surface area contributed by atoms with Crippen molar-refractivity contribution in [3.63, 3.8) is 0 Å². The Labute approximate surface area is 201 Å². The highest BCUT2D eigenvalue weighted by Gasteiger charge is 2.24. The summed E-state index contributed by atoms with van der Waals surface area (Å²) in [6, 6.07) is 12.4. The fourth-order valence-corrected chi connectivity index (χ4v) is 4.52. The second-order valence-electron chi connectivity index (χ2n) is 8.53. The Morgan fingerprint density at radius 1 is 1.12 bits per heavy atom. The van der Waals surface area contributed by atoms with Crippen LogP contribution < -0.4 is 25.0 Å². The van der Waals surface area contributed by atoms with Crippen LogP contribution in [0.25, 0.3) is 6.08 Å². The molecule has 4 rings (SSSR count). The van der Waals surface area contributed by atoms with Crippen LogP contribution in [-0.2, 0) is 0 Å². The Bertz CT molecular complexity index is 1100. The standard InChI is InChI=1S/C26H33N5O3/c1-17-14-19-15-23(33-4)24(34-5)16-22(19)25(29-31(17)26(32)27-2)18-6-8-20(9-7-18)30(3)21-10-12-28-13-11-21/h6-9,14-16,21,28H,10-13H2,1-5H3,(H,27,32). The first-order chi connectivity index (χ1) is 16.5. The van der Waals surface area contributed by atoms with E-state index in [1.807, 2.05) is 25.1 Å². The van der Waals surface area contributed by atoms with E-state index in [4.69, 9.17) is 14.6 Å². The molecule has 0 spiro atoms. The van der Waals surface area contributed by atoms with Crippen molar-refractivity contribution in [1.29, 1.82) is 0 Å². The zero-order valence-corrected chi connectivity index (χ0v) is 20.5. The Kier molecular flexibility index (Phi) is 7.07. The maximum Gasteiger partial charge on any atom is 0.342 e. The normalized spacial score (nSPS) is 16.1. The number of nitrogens with zero attached hydrogens (tertiary/aromatic N) is 3. The van der Waals surface area contributed by atoms with Crippen LogP contribution in [0.2, 0.25) is 0 Å². The summed E-state index contributed by atoms with van der Waals surface area (Å²) in [6.07, 6.45) is 4.19. The minimum absolute atomic E-state index is 0.305. The third-order valence-corrected chi connectivity index (χ3v) is 6.52. The van der Waals surface area contributed by atoms with Gasteiger partial charge in [-0.3, -0.25) is 0 Å². The van der Waals surface area contributed by atoms with Gasteiger partial charge in [0.2, 0.25) is 0 Å². The molecule has 2 heterocycles. The van der Waals surface area contributed by atoms with E-state index in [-0.39, 0.29) is 6.03 Å². The molecule has 2 amide bonds. The number of ether oxygens (including phenoxy) is 2. The van der Waals surface area contributed by atoms with Crippen LogP contribution >= 0.6 is 0 Å². The molecule has 0 aliphatic carbocycles. The van der Waals surface area contributed by atoms with Crippen LogP contribution in [0.15, 0.2) is 47.2 Å². The van der Waals surface area contributed by atoms with Crippen molar-refractivity contribution in [2.45, 2.75) is 25.8 Å². The number of rotatable bonds is 5. The average molecular weight is 464 g/mol. The van der Waals surface area contributed by atoms with E-state index in [1.54, 1.807) is 21.3 Å². The van der Waals surface area contributed by atoms with Crippen molar-refractivity contribution in [3.05, 3.63) is 58.8 Å². The molecule has 180 valence electrons. The lowest BCUT2D eigenvalue weighted by molar-refractivity contribution is 0.215. The lowest BCUT2D eigenvalue weighted by atomic mass is 9.96. The fraction of sp³-hybridized carbons (Fsp3) is 0.385. The van der Waals surface area contributed by atoms with E-state index < -0.39 is 0 Å². The summed E-state index contributed by atoms with van der Waals surface area (Å²) in [5, 5.41) is 12.3. The number of allylic oxidation sites excluding steroid dienone is 1. The van der Waals surface area contributed by atoms with Gasteiger partial charge < -0.3 is 25.0 Å². The molecule has 0 aromatic heterocycles. The minimum atomic E-state index is -0.305. The Morgan fingerprint density at radius 3 is 2.38 bits per heavy atom. The van der Waals surface area contributed by atoms with E-state index >= 15 is 0 Å². The first-order valence-electron chi connectivity index (χ1n) is 11.6. The van der Waals surface area contributed by atoms with E-state index in [0.29, 0.717) is 28.9 Å². The first-order valence-corrected chi connectivity index (χ1v) is 11.6. The molecular formula is C26H33N5O3.